The van der Waals surface area contributed by atoms with Gasteiger partial charge in [0.2, 0.25) is 0 Å². The summed E-state index contributed by atoms with van der Waals surface area (Å²) in [5, 5.41) is 2.22. The first-order valence-electron chi connectivity index (χ1n) is 6.70. The molecule has 0 heterocycles. The third-order valence-electron chi connectivity index (χ3n) is 3.07. The van der Waals surface area contributed by atoms with Gasteiger partial charge in [0, 0.05) is 5.69 Å². The molecule has 1 fully saturated rings. The van der Waals surface area contributed by atoms with Crippen molar-refractivity contribution in [3.05, 3.63) is 24.3 Å². The van der Waals surface area contributed by atoms with Crippen LogP contribution in [-0.2, 0) is 4.74 Å². The molecule has 0 aromatic heterocycles. The fourth-order valence-electron chi connectivity index (χ4n) is 2.12. The van der Waals surface area contributed by atoms with E-state index in [1.54, 1.807) is 24.3 Å². The maximum Gasteiger partial charge on any atom is 0.422 e. The molecule has 1 aliphatic carbocycles. The number of anilines is 1. The van der Waals surface area contributed by atoms with Gasteiger partial charge >= 0.3 is 12.3 Å². The second-order valence-corrected chi connectivity index (χ2v) is 4.87. The van der Waals surface area contributed by atoms with Crippen LogP contribution in [-0.4, -0.2) is 25.0 Å². The maximum absolute atomic E-state index is 11.9. The molecule has 21 heavy (non-hydrogen) atoms. The zero-order valence-corrected chi connectivity index (χ0v) is 11.3. The number of carbonyl (C=O) groups is 1. The Labute approximate surface area is 120 Å². The van der Waals surface area contributed by atoms with Gasteiger partial charge < -0.3 is 9.47 Å². The highest BCUT2D eigenvalue weighted by atomic mass is 19.4. The molecular weight excluding hydrogens is 287 g/mol. The van der Waals surface area contributed by atoms with Crippen molar-refractivity contribution in [3.8, 4) is 5.75 Å². The molecule has 0 atom stereocenters. The molecule has 0 unspecified atom stereocenters. The molecule has 1 saturated carbocycles. The number of halogens is 3. The van der Waals surface area contributed by atoms with Crippen molar-refractivity contribution in [2.45, 2.75) is 38.0 Å². The van der Waals surface area contributed by atoms with E-state index in [-0.39, 0.29) is 6.10 Å². The Morgan fingerprint density at radius 3 is 2.38 bits per heavy atom. The van der Waals surface area contributed by atoms with Crippen LogP contribution in [0.5, 0.6) is 5.75 Å². The Morgan fingerprint density at radius 2 is 1.81 bits per heavy atom. The van der Waals surface area contributed by atoms with E-state index in [1.807, 2.05) is 0 Å². The quantitative estimate of drug-likeness (QED) is 0.910. The highest BCUT2D eigenvalue weighted by Gasteiger charge is 2.29. The molecule has 1 N–H and O–H groups in total. The molecule has 0 aliphatic heterocycles. The van der Waals surface area contributed by atoms with Crippen molar-refractivity contribution in [3.63, 3.8) is 0 Å². The minimum absolute atomic E-state index is 0.223. The van der Waals surface area contributed by atoms with Gasteiger partial charge in [-0.1, -0.05) is 0 Å². The summed E-state index contributed by atoms with van der Waals surface area (Å²) in [6.07, 6.45) is -1.06. The van der Waals surface area contributed by atoms with Crippen LogP contribution in [0.1, 0.15) is 25.7 Å². The standard InChI is InChI=1S/C14H16F3NO3/c15-14(16,17)9-20-13(19)18-10-5-7-12(8-6-10)21-11-3-1-2-4-11/h5-8,11H,1-4,9H2,(H,18,19). The van der Waals surface area contributed by atoms with Crippen LogP contribution in [0.2, 0.25) is 0 Å². The summed E-state index contributed by atoms with van der Waals surface area (Å²) in [6.45, 7) is -1.61. The zero-order valence-electron chi connectivity index (χ0n) is 11.3. The van der Waals surface area contributed by atoms with E-state index in [1.165, 1.54) is 0 Å². The van der Waals surface area contributed by atoms with E-state index in [9.17, 15) is 18.0 Å². The molecule has 0 bridgehead atoms. The minimum Gasteiger partial charge on any atom is -0.490 e. The Kier molecular flexibility index (Phi) is 4.93. The van der Waals surface area contributed by atoms with Crippen LogP contribution in [0.3, 0.4) is 0 Å². The largest absolute Gasteiger partial charge is 0.490 e. The molecule has 0 saturated heterocycles. The van der Waals surface area contributed by atoms with Crippen molar-refractivity contribution in [1.29, 1.82) is 0 Å². The SMILES string of the molecule is O=C(Nc1ccc(OC2CCCC2)cc1)OCC(F)(F)F. The number of nitrogens with one attached hydrogen (secondary N) is 1. The van der Waals surface area contributed by atoms with Gasteiger partial charge in [0.25, 0.3) is 0 Å². The lowest BCUT2D eigenvalue weighted by Gasteiger charge is -2.13. The first kappa shape index (κ1) is 15.5. The lowest BCUT2D eigenvalue weighted by molar-refractivity contribution is -0.159. The molecule has 4 nitrogen and oxygen atoms in total. The number of carbonyl (C=O) groups excluding carboxylic acids is 1. The monoisotopic (exact) mass is 303 g/mol. The van der Waals surface area contributed by atoms with E-state index in [4.69, 9.17) is 4.74 Å². The topological polar surface area (TPSA) is 47.6 Å². The fraction of sp³-hybridized carbons (Fsp3) is 0.500. The molecule has 1 aromatic carbocycles. The Hall–Kier alpha value is -1.92. The van der Waals surface area contributed by atoms with Crippen LogP contribution >= 0.6 is 0 Å². The van der Waals surface area contributed by atoms with Gasteiger partial charge in [-0.2, -0.15) is 13.2 Å². The highest BCUT2D eigenvalue weighted by molar-refractivity contribution is 5.84. The molecule has 7 heteroatoms. The number of hydrogen-bond acceptors (Lipinski definition) is 3. The van der Waals surface area contributed by atoms with Crippen LogP contribution in [0.25, 0.3) is 0 Å². The highest BCUT2D eigenvalue weighted by Crippen LogP contribution is 2.25. The van der Waals surface area contributed by atoms with Crippen molar-refractivity contribution in [2.24, 2.45) is 0 Å². The number of hydrogen-bond donors (Lipinski definition) is 1. The summed E-state index contributed by atoms with van der Waals surface area (Å²) in [5.41, 5.74) is 0.348. The normalized spacial score (nSPS) is 15.8. The molecule has 1 aliphatic rings. The second-order valence-electron chi connectivity index (χ2n) is 4.87. The Bertz CT molecular complexity index is 467. The average molecular weight is 303 g/mol. The molecule has 0 spiro atoms. The summed E-state index contributed by atoms with van der Waals surface area (Å²) < 4.78 is 45.4. The molecule has 116 valence electrons. The first-order chi connectivity index (χ1) is 9.92. The third-order valence-corrected chi connectivity index (χ3v) is 3.07. The molecular formula is C14H16F3NO3. The van der Waals surface area contributed by atoms with Crippen LogP contribution in [0, 0.1) is 0 Å². The van der Waals surface area contributed by atoms with Gasteiger partial charge in [-0.3, -0.25) is 5.32 Å². The molecule has 1 amide bonds. The average Bonchev–Trinajstić information content (AvgIpc) is 2.91. The smallest absolute Gasteiger partial charge is 0.422 e. The van der Waals surface area contributed by atoms with Crippen LogP contribution < -0.4 is 10.1 Å². The fourth-order valence-corrected chi connectivity index (χ4v) is 2.12. The van der Waals surface area contributed by atoms with Gasteiger partial charge in [-0.15, -0.1) is 0 Å². The number of ether oxygens (including phenoxy) is 2. The van der Waals surface area contributed by atoms with Crippen molar-refractivity contribution >= 4 is 11.8 Å². The number of alkyl halides is 3. The number of amides is 1. The lowest BCUT2D eigenvalue weighted by Crippen LogP contribution is -2.23. The summed E-state index contributed by atoms with van der Waals surface area (Å²) in [6, 6.07) is 6.44. The predicted molar refractivity (Wildman–Crippen MR) is 70.4 cm³/mol. The molecule has 2 rings (SSSR count). The van der Waals surface area contributed by atoms with Gasteiger partial charge in [-0.05, 0) is 49.9 Å². The first-order valence-corrected chi connectivity index (χ1v) is 6.70. The third kappa shape index (κ3) is 5.53. The van der Waals surface area contributed by atoms with Gasteiger partial charge in [0.1, 0.15) is 5.75 Å². The van der Waals surface area contributed by atoms with Crippen molar-refractivity contribution in [2.75, 3.05) is 11.9 Å². The van der Waals surface area contributed by atoms with E-state index in [0.717, 1.165) is 25.7 Å². The lowest BCUT2D eigenvalue weighted by atomic mass is 10.3. The van der Waals surface area contributed by atoms with E-state index >= 15 is 0 Å². The van der Waals surface area contributed by atoms with E-state index < -0.39 is 18.9 Å². The predicted octanol–water partition coefficient (Wildman–Crippen LogP) is 4.12. The summed E-state index contributed by atoms with van der Waals surface area (Å²) in [7, 11) is 0. The number of rotatable bonds is 4. The van der Waals surface area contributed by atoms with Crippen LogP contribution in [0.4, 0.5) is 23.7 Å². The minimum atomic E-state index is -4.53. The summed E-state index contributed by atoms with van der Waals surface area (Å²) in [4.78, 5) is 11.2. The van der Waals surface area contributed by atoms with Gasteiger partial charge in [0.15, 0.2) is 6.61 Å². The van der Waals surface area contributed by atoms with Crippen molar-refractivity contribution in [1.82, 2.24) is 0 Å². The molecule has 1 aromatic rings. The molecule has 0 radical (unpaired) electrons. The van der Waals surface area contributed by atoms with Gasteiger partial charge in [0.05, 0.1) is 6.10 Å². The second kappa shape index (κ2) is 6.69. The summed E-state index contributed by atoms with van der Waals surface area (Å²) >= 11 is 0. The van der Waals surface area contributed by atoms with E-state index in [0.29, 0.717) is 11.4 Å². The van der Waals surface area contributed by atoms with Gasteiger partial charge in [-0.25, -0.2) is 4.79 Å². The Balaban J connectivity index is 1.80. The van der Waals surface area contributed by atoms with E-state index in [2.05, 4.69) is 10.1 Å². The zero-order chi connectivity index (χ0) is 15.3. The van der Waals surface area contributed by atoms with Crippen LogP contribution in [0.15, 0.2) is 24.3 Å². The maximum atomic E-state index is 11.9. The Morgan fingerprint density at radius 1 is 1.19 bits per heavy atom. The summed E-state index contributed by atoms with van der Waals surface area (Å²) in [5.74, 6) is 0.677. The number of benzene rings is 1. The van der Waals surface area contributed by atoms with Crippen molar-refractivity contribution < 1.29 is 27.4 Å².